The molecule has 0 saturated carbocycles. The van der Waals surface area contributed by atoms with Gasteiger partial charge in [-0.2, -0.15) is 0 Å². The van der Waals surface area contributed by atoms with E-state index in [2.05, 4.69) is 42.9 Å². The summed E-state index contributed by atoms with van der Waals surface area (Å²) < 4.78 is 2.35. The molecule has 0 aliphatic rings. The second-order valence-corrected chi connectivity index (χ2v) is 6.38. The zero-order valence-corrected chi connectivity index (χ0v) is 14.4. The number of unbranched alkanes of at least 4 members (excludes halogenated alkanes) is 9. The van der Waals surface area contributed by atoms with E-state index in [9.17, 15) is 0 Å². The third-order valence-electron chi connectivity index (χ3n) is 4.30. The summed E-state index contributed by atoms with van der Waals surface area (Å²) >= 11 is 0. The first-order valence-corrected chi connectivity index (χ1v) is 9.34. The van der Waals surface area contributed by atoms with Crippen molar-refractivity contribution < 1.29 is 4.57 Å². The van der Waals surface area contributed by atoms with Crippen LogP contribution >= 0.6 is 0 Å². The fourth-order valence-corrected chi connectivity index (χ4v) is 2.81. The summed E-state index contributed by atoms with van der Waals surface area (Å²) in [5.74, 6) is 0. The Morgan fingerprint density at radius 2 is 1.19 bits per heavy atom. The van der Waals surface area contributed by atoms with E-state index < -0.39 is 0 Å². The molecule has 1 aromatic heterocycles. The van der Waals surface area contributed by atoms with Gasteiger partial charge in [0.2, 0.25) is 0 Å². The molecule has 1 heteroatoms. The molecular weight excluding hydrogens is 254 g/mol. The summed E-state index contributed by atoms with van der Waals surface area (Å²) in [5.41, 5.74) is 1.51. The minimum Gasteiger partial charge on any atom is -0.205 e. The molecule has 0 N–H and O–H groups in total. The summed E-state index contributed by atoms with van der Waals surface area (Å²) in [6, 6.07) is 4.63. The molecule has 0 amide bonds. The van der Waals surface area contributed by atoms with Crippen molar-refractivity contribution in [3.8, 4) is 0 Å². The van der Waals surface area contributed by atoms with Crippen LogP contribution in [0.25, 0.3) is 0 Å². The molecule has 0 saturated heterocycles. The summed E-state index contributed by atoms with van der Waals surface area (Å²) in [7, 11) is 0. The molecule has 1 rings (SSSR count). The highest BCUT2D eigenvalue weighted by molar-refractivity contribution is 5.07. The van der Waals surface area contributed by atoms with Crippen LogP contribution in [0.4, 0.5) is 0 Å². The first-order valence-electron chi connectivity index (χ1n) is 9.34. The lowest BCUT2D eigenvalue weighted by Crippen LogP contribution is -2.32. The highest BCUT2D eigenvalue weighted by Crippen LogP contribution is 2.08. The van der Waals surface area contributed by atoms with Gasteiger partial charge in [-0.3, -0.25) is 0 Å². The molecular formula is C20H36N+. The third-order valence-corrected chi connectivity index (χ3v) is 4.30. The smallest absolute Gasteiger partial charge is 0.169 e. The normalized spacial score (nSPS) is 11.0. The number of aromatic nitrogens is 1. The van der Waals surface area contributed by atoms with Crippen LogP contribution in [-0.4, -0.2) is 0 Å². The van der Waals surface area contributed by atoms with Crippen molar-refractivity contribution in [3.05, 3.63) is 30.1 Å². The quantitative estimate of drug-likeness (QED) is 0.317. The van der Waals surface area contributed by atoms with Gasteiger partial charge in [0.1, 0.15) is 6.54 Å². The molecule has 0 fully saturated rings. The molecule has 0 unspecified atom stereocenters. The molecule has 0 aromatic carbocycles. The molecule has 1 nitrogen and oxygen atoms in total. The molecule has 0 radical (unpaired) electrons. The summed E-state index contributed by atoms with van der Waals surface area (Å²) in [6.45, 7) is 5.74. The molecule has 0 spiro atoms. The van der Waals surface area contributed by atoms with E-state index in [1.165, 1.54) is 89.2 Å². The van der Waals surface area contributed by atoms with Crippen molar-refractivity contribution >= 4 is 0 Å². The van der Waals surface area contributed by atoms with Gasteiger partial charge in [0, 0.05) is 18.6 Å². The summed E-state index contributed by atoms with van der Waals surface area (Å²) in [6.07, 6.45) is 20.9. The Morgan fingerprint density at radius 1 is 0.667 bits per heavy atom. The Bertz CT molecular complexity index is 328. The van der Waals surface area contributed by atoms with E-state index in [4.69, 9.17) is 0 Å². The highest BCUT2D eigenvalue weighted by atomic mass is 14.9. The van der Waals surface area contributed by atoms with Crippen LogP contribution in [-0.2, 0) is 13.0 Å². The number of hydrogen-bond donors (Lipinski definition) is 0. The van der Waals surface area contributed by atoms with Crippen molar-refractivity contribution in [3.63, 3.8) is 0 Å². The monoisotopic (exact) mass is 290 g/mol. The molecule has 21 heavy (non-hydrogen) atoms. The Morgan fingerprint density at radius 3 is 1.81 bits per heavy atom. The van der Waals surface area contributed by atoms with E-state index in [-0.39, 0.29) is 0 Å². The second kappa shape index (κ2) is 12.9. The largest absolute Gasteiger partial charge is 0.205 e. The Balaban J connectivity index is 2.09. The fourth-order valence-electron chi connectivity index (χ4n) is 2.81. The Labute approximate surface area is 132 Å². The van der Waals surface area contributed by atoms with Crippen molar-refractivity contribution in [2.45, 2.75) is 97.4 Å². The second-order valence-electron chi connectivity index (χ2n) is 6.38. The topological polar surface area (TPSA) is 3.88 Å². The number of aryl methyl sites for hydroxylation is 2. The van der Waals surface area contributed by atoms with Crippen molar-refractivity contribution in [1.29, 1.82) is 0 Å². The van der Waals surface area contributed by atoms with Crippen LogP contribution in [0.5, 0.6) is 0 Å². The Hall–Kier alpha value is -0.850. The lowest BCUT2D eigenvalue weighted by Gasteiger charge is -2.02. The number of pyridine rings is 1. The number of rotatable bonds is 13. The Kier molecular flexibility index (Phi) is 11.1. The van der Waals surface area contributed by atoms with Gasteiger partial charge in [-0.15, -0.1) is 0 Å². The SMILES string of the molecule is CCCCCCCC[n+]1ccc(CCCCCCC)cc1. The zero-order chi connectivity index (χ0) is 15.2. The molecule has 120 valence electrons. The fraction of sp³-hybridized carbons (Fsp3) is 0.750. The first kappa shape index (κ1) is 18.2. The van der Waals surface area contributed by atoms with Gasteiger partial charge < -0.3 is 0 Å². The standard InChI is InChI=1S/C20H36N/c1-3-5-7-9-11-13-17-21-18-15-20(16-19-21)14-12-10-8-6-4-2/h15-16,18-19H,3-14,17H2,1-2H3/q+1. The molecule has 0 aliphatic carbocycles. The van der Waals surface area contributed by atoms with Gasteiger partial charge in [-0.05, 0) is 24.8 Å². The molecule has 1 aromatic rings. The number of hydrogen-bond acceptors (Lipinski definition) is 0. The van der Waals surface area contributed by atoms with Gasteiger partial charge in [0.15, 0.2) is 12.4 Å². The van der Waals surface area contributed by atoms with E-state index >= 15 is 0 Å². The predicted molar refractivity (Wildman–Crippen MR) is 92.5 cm³/mol. The predicted octanol–water partition coefficient (Wildman–Crippen LogP) is 5.85. The third kappa shape index (κ3) is 9.66. The minimum atomic E-state index is 1.18. The lowest BCUT2D eigenvalue weighted by molar-refractivity contribution is -0.697. The van der Waals surface area contributed by atoms with E-state index in [1.54, 1.807) is 0 Å². The first-order chi connectivity index (χ1) is 10.4. The maximum Gasteiger partial charge on any atom is 0.169 e. The average molecular weight is 291 g/mol. The van der Waals surface area contributed by atoms with E-state index in [0.717, 1.165) is 0 Å². The van der Waals surface area contributed by atoms with Crippen LogP contribution in [0.1, 0.15) is 90.0 Å². The van der Waals surface area contributed by atoms with Crippen molar-refractivity contribution in [2.24, 2.45) is 0 Å². The van der Waals surface area contributed by atoms with E-state index in [1.807, 2.05) is 0 Å². The molecule has 0 atom stereocenters. The van der Waals surface area contributed by atoms with Crippen LogP contribution in [0.15, 0.2) is 24.5 Å². The highest BCUT2D eigenvalue weighted by Gasteiger charge is 2.01. The van der Waals surface area contributed by atoms with Crippen molar-refractivity contribution in [1.82, 2.24) is 0 Å². The van der Waals surface area contributed by atoms with Crippen LogP contribution in [0.3, 0.4) is 0 Å². The van der Waals surface area contributed by atoms with Gasteiger partial charge in [0.25, 0.3) is 0 Å². The van der Waals surface area contributed by atoms with Gasteiger partial charge >= 0.3 is 0 Å². The minimum absolute atomic E-state index is 1.18. The maximum atomic E-state index is 2.35. The van der Waals surface area contributed by atoms with Gasteiger partial charge in [0.05, 0.1) is 0 Å². The number of nitrogens with zero attached hydrogens (tertiary/aromatic N) is 1. The van der Waals surface area contributed by atoms with Crippen LogP contribution in [0, 0.1) is 0 Å². The molecule has 0 bridgehead atoms. The zero-order valence-electron chi connectivity index (χ0n) is 14.4. The van der Waals surface area contributed by atoms with E-state index in [0.29, 0.717) is 0 Å². The summed E-state index contributed by atoms with van der Waals surface area (Å²) in [5, 5.41) is 0. The average Bonchev–Trinajstić information content (AvgIpc) is 2.52. The lowest BCUT2D eigenvalue weighted by atomic mass is 10.1. The van der Waals surface area contributed by atoms with Crippen LogP contribution < -0.4 is 4.57 Å². The molecule has 0 aliphatic heterocycles. The van der Waals surface area contributed by atoms with Gasteiger partial charge in [-0.1, -0.05) is 65.2 Å². The summed E-state index contributed by atoms with van der Waals surface area (Å²) in [4.78, 5) is 0. The molecule has 1 heterocycles. The maximum absolute atomic E-state index is 2.35. The van der Waals surface area contributed by atoms with Crippen molar-refractivity contribution in [2.75, 3.05) is 0 Å². The van der Waals surface area contributed by atoms with Gasteiger partial charge in [-0.25, -0.2) is 4.57 Å². The van der Waals surface area contributed by atoms with Crippen LogP contribution in [0.2, 0.25) is 0 Å².